The molecule has 0 bridgehead atoms. The highest BCUT2D eigenvalue weighted by molar-refractivity contribution is 5.98. The number of imidazole rings is 1. The van der Waals surface area contributed by atoms with Gasteiger partial charge in [-0.2, -0.15) is 0 Å². The summed E-state index contributed by atoms with van der Waals surface area (Å²) < 4.78 is 6.33. The van der Waals surface area contributed by atoms with Crippen LogP contribution in [0.1, 0.15) is 32.2 Å². The molecule has 1 aromatic carbocycles. The van der Waals surface area contributed by atoms with Gasteiger partial charge in [0.15, 0.2) is 0 Å². The van der Waals surface area contributed by atoms with Gasteiger partial charge in [-0.05, 0) is 24.6 Å². The van der Waals surface area contributed by atoms with E-state index in [-0.39, 0.29) is 5.91 Å². The summed E-state index contributed by atoms with van der Waals surface area (Å²) in [6, 6.07) is 6.63. The highest BCUT2D eigenvalue weighted by Crippen LogP contribution is 2.13. The first-order chi connectivity index (χ1) is 10.4. The molecule has 0 saturated carbocycles. The highest BCUT2D eigenvalue weighted by atomic mass is 16.5. The van der Waals surface area contributed by atoms with E-state index in [2.05, 4.69) is 21.6 Å². The summed E-state index contributed by atoms with van der Waals surface area (Å²) in [7, 11) is 3.09. The first kappa shape index (κ1) is 15.5. The molecule has 6 nitrogen and oxygen atoms in total. The van der Waals surface area contributed by atoms with Gasteiger partial charge in [0.05, 0.1) is 18.9 Å². The van der Waals surface area contributed by atoms with Crippen LogP contribution in [0, 0.1) is 6.92 Å². The zero-order valence-corrected chi connectivity index (χ0v) is 12.7. The van der Waals surface area contributed by atoms with Crippen LogP contribution in [0.5, 0.6) is 0 Å². The average Bonchev–Trinajstić information content (AvgIpc) is 2.86. The molecular formula is C16H17N3O3. The second kappa shape index (κ2) is 6.26. The Kier molecular flexibility index (Phi) is 4.41. The summed E-state index contributed by atoms with van der Waals surface area (Å²) >= 11 is 0. The molecule has 0 aliphatic heterocycles. The number of nitrogens with one attached hydrogen (secondary N) is 1. The minimum atomic E-state index is -0.411. The lowest BCUT2D eigenvalue weighted by molar-refractivity contribution is 0.0600. The van der Waals surface area contributed by atoms with Gasteiger partial charge < -0.3 is 14.6 Å². The van der Waals surface area contributed by atoms with Gasteiger partial charge >= 0.3 is 5.97 Å². The number of carbonyl (C=O) groups is 2. The van der Waals surface area contributed by atoms with Gasteiger partial charge in [-0.3, -0.25) is 4.79 Å². The van der Waals surface area contributed by atoms with Crippen LogP contribution < -0.4 is 5.32 Å². The maximum Gasteiger partial charge on any atom is 0.337 e. The third-order valence-electron chi connectivity index (χ3n) is 3.37. The summed E-state index contributed by atoms with van der Waals surface area (Å²) in [5, 5.41) is 2.72. The third-order valence-corrected chi connectivity index (χ3v) is 3.37. The molecule has 2 aromatic rings. The van der Waals surface area contributed by atoms with Gasteiger partial charge in [0.1, 0.15) is 11.5 Å². The molecule has 0 aliphatic rings. The molecule has 0 atom stereocenters. The summed E-state index contributed by atoms with van der Waals surface area (Å²) in [5.41, 5.74) is 2.04. The second-order valence-electron chi connectivity index (χ2n) is 4.75. The third kappa shape index (κ3) is 3.06. The van der Waals surface area contributed by atoms with E-state index in [0.717, 1.165) is 5.82 Å². The first-order valence-corrected chi connectivity index (χ1v) is 6.61. The molecule has 6 heteroatoms. The molecule has 0 fully saturated rings. The van der Waals surface area contributed by atoms with Crippen LogP contribution in [-0.2, 0) is 11.8 Å². The van der Waals surface area contributed by atoms with Crippen LogP contribution in [0.15, 0.2) is 37.0 Å². The van der Waals surface area contributed by atoms with Crippen molar-refractivity contribution in [2.45, 2.75) is 6.92 Å². The fourth-order valence-electron chi connectivity index (χ4n) is 1.91. The number of methoxy groups -OCH3 is 1. The predicted octanol–water partition coefficient (Wildman–Crippen LogP) is 1.92. The van der Waals surface area contributed by atoms with Crippen molar-refractivity contribution in [3.8, 4) is 0 Å². The topological polar surface area (TPSA) is 73.2 Å². The summed E-state index contributed by atoms with van der Waals surface area (Å²) in [6.45, 7) is 5.66. The predicted molar refractivity (Wildman–Crippen MR) is 82.2 cm³/mol. The molecule has 22 heavy (non-hydrogen) atoms. The van der Waals surface area contributed by atoms with Crippen molar-refractivity contribution in [2.75, 3.05) is 7.11 Å². The van der Waals surface area contributed by atoms with Gasteiger partial charge in [-0.15, -0.1) is 0 Å². The normalized spacial score (nSPS) is 10.1. The summed E-state index contributed by atoms with van der Waals surface area (Å²) in [6.07, 6.45) is 1.51. The van der Waals surface area contributed by atoms with Crippen molar-refractivity contribution in [3.63, 3.8) is 0 Å². The minimum Gasteiger partial charge on any atom is -0.465 e. The van der Waals surface area contributed by atoms with Crippen LogP contribution in [0.3, 0.4) is 0 Å². The fourth-order valence-corrected chi connectivity index (χ4v) is 1.91. The standard InChI is InChI=1S/C16H17N3O3/c1-10(12-5-7-13(8-6-12)16(21)22-4)18-15(20)14-9-17-11(2)19(14)3/h5-9H,1H2,2-4H3,(H,18,20). The Morgan fingerprint density at radius 3 is 2.32 bits per heavy atom. The van der Waals surface area contributed by atoms with E-state index in [4.69, 9.17) is 0 Å². The van der Waals surface area contributed by atoms with E-state index in [0.29, 0.717) is 22.5 Å². The van der Waals surface area contributed by atoms with Gasteiger partial charge in [-0.25, -0.2) is 9.78 Å². The van der Waals surface area contributed by atoms with E-state index >= 15 is 0 Å². The number of benzene rings is 1. The van der Waals surface area contributed by atoms with Crippen molar-refractivity contribution >= 4 is 17.6 Å². The molecule has 1 N–H and O–H groups in total. The number of hydrogen-bond acceptors (Lipinski definition) is 4. The van der Waals surface area contributed by atoms with E-state index < -0.39 is 5.97 Å². The molecule has 0 unspecified atom stereocenters. The Balaban J connectivity index is 2.10. The number of nitrogens with zero attached hydrogens (tertiary/aromatic N) is 2. The zero-order valence-electron chi connectivity index (χ0n) is 12.7. The molecule has 0 saturated heterocycles. The van der Waals surface area contributed by atoms with Crippen molar-refractivity contribution in [1.29, 1.82) is 0 Å². The number of aryl methyl sites for hydroxylation is 1. The zero-order chi connectivity index (χ0) is 16.3. The lowest BCUT2D eigenvalue weighted by atomic mass is 10.1. The van der Waals surface area contributed by atoms with Crippen LogP contribution in [0.25, 0.3) is 5.70 Å². The molecule has 1 heterocycles. The van der Waals surface area contributed by atoms with Gasteiger partial charge in [0.25, 0.3) is 5.91 Å². The van der Waals surface area contributed by atoms with Crippen LogP contribution in [0.2, 0.25) is 0 Å². The van der Waals surface area contributed by atoms with E-state index in [1.165, 1.54) is 13.3 Å². The number of rotatable bonds is 4. The molecule has 114 valence electrons. The van der Waals surface area contributed by atoms with E-state index in [1.54, 1.807) is 35.9 Å². The van der Waals surface area contributed by atoms with E-state index in [1.807, 2.05) is 6.92 Å². The number of amides is 1. The highest BCUT2D eigenvalue weighted by Gasteiger charge is 2.13. The number of ether oxygens (including phenoxy) is 1. The first-order valence-electron chi connectivity index (χ1n) is 6.61. The smallest absolute Gasteiger partial charge is 0.337 e. The van der Waals surface area contributed by atoms with Gasteiger partial charge in [0, 0.05) is 12.7 Å². The Labute approximate surface area is 128 Å². The van der Waals surface area contributed by atoms with Crippen LogP contribution in [0.4, 0.5) is 0 Å². The van der Waals surface area contributed by atoms with Crippen molar-refractivity contribution in [3.05, 3.63) is 59.7 Å². The Morgan fingerprint density at radius 1 is 1.23 bits per heavy atom. The molecule has 0 radical (unpaired) electrons. The largest absolute Gasteiger partial charge is 0.465 e. The maximum atomic E-state index is 12.2. The Bertz CT molecular complexity index is 730. The molecule has 2 rings (SSSR count). The number of carbonyl (C=O) groups excluding carboxylic acids is 2. The van der Waals surface area contributed by atoms with Gasteiger partial charge in [0.2, 0.25) is 0 Å². The van der Waals surface area contributed by atoms with Crippen molar-refractivity contribution < 1.29 is 14.3 Å². The lowest BCUT2D eigenvalue weighted by Crippen LogP contribution is -2.23. The van der Waals surface area contributed by atoms with Gasteiger partial charge in [-0.1, -0.05) is 18.7 Å². The van der Waals surface area contributed by atoms with Crippen molar-refractivity contribution in [1.82, 2.24) is 14.9 Å². The minimum absolute atomic E-state index is 0.287. The molecule has 0 aliphatic carbocycles. The second-order valence-corrected chi connectivity index (χ2v) is 4.75. The molecule has 1 aromatic heterocycles. The lowest BCUT2D eigenvalue weighted by Gasteiger charge is -2.09. The summed E-state index contributed by atoms with van der Waals surface area (Å²) in [4.78, 5) is 27.6. The quantitative estimate of drug-likeness (QED) is 0.875. The molecular weight excluding hydrogens is 282 g/mol. The fraction of sp³-hybridized carbons (Fsp3) is 0.188. The summed E-state index contributed by atoms with van der Waals surface area (Å²) in [5.74, 6) is 0.0508. The van der Waals surface area contributed by atoms with E-state index in [9.17, 15) is 9.59 Å². The number of aromatic nitrogens is 2. The molecule has 1 amide bonds. The van der Waals surface area contributed by atoms with Crippen molar-refractivity contribution in [2.24, 2.45) is 7.05 Å². The number of hydrogen-bond donors (Lipinski definition) is 1. The Hall–Kier alpha value is -2.89. The average molecular weight is 299 g/mol. The van der Waals surface area contributed by atoms with Crippen LogP contribution >= 0.6 is 0 Å². The SMILES string of the molecule is C=C(NC(=O)c1cnc(C)n1C)c1ccc(C(=O)OC)cc1. The van der Waals surface area contributed by atoms with Crippen LogP contribution in [-0.4, -0.2) is 28.5 Å². The monoisotopic (exact) mass is 299 g/mol. The Morgan fingerprint density at radius 2 is 1.82 bits per heavy atom. The molecule has 0 spiro atoms. The maximum absolute atomic E-state index is 12.2. The number of esters is 1.